The SMILES string of the molecule is OCCCN1CCOCC1CO. The molecule has 0 amide bonds. The molecule has 1 aliphatic rings. The Bertz CT molecular complexity index is 121. The topological polar surface area (TPSA) is 52.9 Å². The van der Waals surface area contributed by atoms with Gasteiger partial charge in [0.2, 0.25) is 0 Å². The molecule has 0 saturated carbocycles. The Morgan fingerprint density at radius 3 is 2.92 bits per heavy atom. The van der Waals surface area contributed by atoms with Crippen molar-refractivity contribution >= 4 is 0 Å². The summed E-state index contributed by atoms with van der Waals surface area (Å²) in [7, 11) is 0. The fourth-order valence-corrected chi connectivity index (χ4v) is 1.43. The molecular weight excluding hydrogens is 158 g/mol. The molecule has 1 fully saturated rings. The number of nitrogens with zero attached hydrogens (tertiary/aromatic N) is 1. The molecule has 0 spiro atoms. The van der Waals surface area contributed by atoms with E-state index in [1.165, 1.54) is 0 Å². The number of ether oxygens (including phenoxy) is 1. The molecule has 0 aromatic rings. The van der Waals surface area contributed by atoms with Gasteiger partial charge in [0.25, 0.3) is 0 Å². The Balaban J connectivity index is 2.26. The van der Waals surface area contributed by atoms with Crippen LogP contribution in [0.2, 0.25) is 0 Å². The minimum atomic E-state index is 0.130. The molecular formula is C8H17NO3. The average Bonchev–Trinajstić information content (AvgIpc) is 2.15. The number of aliphatic hydroxyl groups is 2. The van der Waals surface area contributed by atoms with Crippen LogP contribution in [0.15, 0.2) is 0 Å². The zero-order valence-electron chi connectivity index (χ0n) is 7.28. The van der Waals surface area contributed by atoms with E-state index in [1.54, 1.807) is 0 Å². The van der Waals surface area contributed by atoms with E-state index in [2.05, 4.69) is 4.90 Å². The molecule has 1 aliphatic heterocycles. The summed E-state index contributed by atoms with van der Waals surface area (Å²) >= 11 is 0. The van der Waals surface area contributed by atoms with Gasteiger partial charge in [-0.25, -0.2) is 0 Å². The third-order valence-electron chi connectivity index (χ3n) is 2.16. The molecule has 1 saturated heterocycles. The van der Waals surface area contributed by atoms with Crippen LogP contribution in [0.5, 0.6) is 0 Å². The third-order valence-corrected chi connectivity index (χ3v) is 2.16. The highest BCUT2D eigenvalue weighted by Gasteiger charge is 2.20. The molecule has 1 atom stereocenters. The molecule has 0 aromatic carbocycles. The summed E-state index contributed by atoms with van der Waals surface area (Å²) < 4.78 is 5.22. The van der Waals surface area contributed by atoms with Crippen LogP contribution in [0.4, 0.5) is 0 Å². The summed E-state index contributed by atoms with van der Waals surface area (Å²) in [6.45, 7) is 3.43. The summed E-state index contributed by atoms with van der Waals surface area (Å²) in [4.78, 5) is 2.17. The van der Waals surface area contributed by atoms with Crippen molar-refractivity contribution in [3.05, 3.63) is 0 Å². The number of hydrogen-bond donors (Lipinski definition) is 2. The number of aliphatic hydroxyl groups excluding tert-OH is 2. The zero-order valence-corrected chi connectivity index (χ0v) is 7.28. The van der Waals surface area contributed by atoms with Crippen molar-refractivity contribution in [2.75, 3.05) is 39.5 Å². The van der Waals surface area contributed by atoms with Gasteiger partial charge in [-0.2, -0.15) is 0 Å². The second-order valence-corrected chi connectivity index (χ2v) is 3.02. The molecule has 0 aromatic heterocycles. The predicted octanol–water partition coefficient (Wildman–Crippen LogP) is -0.938. The maximum absolute atomic E-state index is 8.98. The minimum Gasteiger partial charge on any atom is -0.396 e. The highest BCUT2D eigenvalue weighted by molar-refractivity contribution is 4.73. The van der Waals surface area contributed by atoms with Gasteiger partial charge in [-0.3, -0.25) is 4.90 Å². The van der Waals surface area contributed by atoms with Crippen LogP contribution in [0, 0.1) is 0 Å². The fourth-order valence-electron chi connectivity index (χ4n) is 1.43. The lowest BCUT2D eigenvalue weighted by atomic mass is 10.2. The first-order valence-electron chi connectivity index (χ1n) is 4.42. The van der Waals surface area contributed by atoms with Crippen LogP contribution in [0.3, 0.4) is 0 Å². The van der Waals surface area contributed by atoms with E-state index in [4.69, 9.17) is 14.9 Å². The van der Waals surface area contributed by atoms with Crippen LogP contribution < -0.4 is 0 Å². The molecule has 2 N–H and O–H groups in total. The maximum atomic E-state index is 8.98. The van der Waals surface area contributed by atoms with Gasteiger partial charge >= 0.3 is 0 Å². The quantitative estimate of drug-likeness (QED) is 0.579. The molecule has 72 valence electrons. The fraction of sp³-hybridized carbons (Fsp3) is 1.00. The van der Waals surface area contributed by atoms with Crippen molar-refractivity contribution in [3.8, 4) is 0 Å². The Morgan fingerprint density at radius 1 is 1.42 bits per heavy atom. The van der Waals surface area contributed by atoms with E-state index in [-0.39, 0.29) is 19.3 Å². The number of rotatable bonds is 4. The van der Waals surface area contributed by atoms with Crippen LogP contribution >= 0.6 is 0 Å². The average molecular weight is 175 g/mol. The van der Waals surface area contributed by atoms with E-state index in [0.29, 0.717) is 6.61 Å². The second-order valence-electron chi connectivity index (χ2n) is 3.02. The zero-order chi connectivity index (χ0) is 8.81. The molecule has 0 bridgehead atoms. The summed E-state index contributed by atoms with van der Waals surface area (Å²) in [6, 6.07) is 0.130. The lowest BCUT2D eigenvalue weighted by molar-refractivity contribution is -0.0290. The van der Waals surface area contributed by atoms with Crippen LogP contribution in [-0.2, 0) is 4.74 Å². The molecule has 4 nitrogen and oxygen atoms in total. The van der Waals surface area contributed by atoms with E-state index < -0.39 is 0 Å². The van der Waals surface area contributed by atoms with Crippen molar-refractivity contribution in [1.29, 1.82) is 0 Å². The molecule has 1 unspecified atom stereocenters. The van der Waals surface area contributed by atoms with Crippen molar-refractivity contribution in [2.24, 2.45) is 0 Å². The lowest BCUT2D eigenvalue weighted by Gasteiger charge is -2.34. The van der Waals surface area contributed by atoms with Crippen molar-refractivity contribution in [3.63, 3.8) is 0 Å². The van der Waals surface area contributed by atoms with Gasteiger partial charge in [0.1, 0.15) is 0 Å². The molecule has 4 heteroatoms. The summed E-state index contributed by atoms with van der Waals surface area (Å²) in [6.07, 6.45) is 0.774. The molecule has 0 aliphatic carbocycles. The smallest absolute Gasteiger partial charge is 0.0644 e. The van der Waals surface area contributed by atoms with Crippen molar-refractivity contribution in [2.45, 2.75) is 12.5 Å². The Morgan fingerprint density at radius 2 is 2.25 bits per heavy atom. The Kier molecular flexibility index (Phi) is 4.53. The van der Waals surface area contributed by atoms with E-state index >= 15 is 0 Å². The predicted molar refractivity (Wildman–Crippen MR) is 45.0 cm³/mol. The number of morpholine rings is 1. The van der Waals surface area contributed by atoms with Gasteiger partial charge < -0.3 is 14.9 Å². The van der Waals surface area contributed by atoms with Crippen molar-refractivity contribution in [1.82, 2.24) is 4.90 Å². The van der Waals surface area contributed by atoms with Gasteiger partial charge in [0.15, 0.2) is 0 Å². The van der Waals surface area contributed by atoms with Crippen LogP contribution in [0.1, 0.15) is 6.42 Å². The Labute approximate surface area is 72.7 Å². The highest BCUT2D eigenvalue weighted by atomic mass is 16.5. The molecule has 12 heavy (non-hydrogen) atoms. The first-order valence-corrected chi connectivity index (χ1v) is 4.42. The highest BCUT2D eigenvalue weighted by Crippen LogP contribution is 2.06. The van der Waals surface area contributed by atoms with Gasteiger partial charge in [0, 0.05) is 19.7 Å². The van der Waals surface area contributed by atoms with Gasteiger partial charge in [-0.15, -0.1) is 0 Å². The molecule has 1 heterocycles. The largest absolute Gasteiger partial charge is 0.396 e. The van der Waals surface area contributed by atoms with E-state index in [0.717, 1.165) is 26.1 Å². The lowest BCUT2D eigenvalue weighted by Crippen LogP contribution is -2.47. The Hall–Kier alpha value is -0.160. The first-order chi connectivity index (χ1) is 5.88. The van der Waals surface area contributed by atoms with Gasteiger partial charge in [-0.05, 0) is 6.42 Å². The van der Waals surface area contributed by atoms with E-state index in [9.17, 15) is 0 Å². The number of hydrogen-bond acceptors (Lipinski definition) is 4. The van der Waals surface area contributed by atoms with E-state index in [1.807, 2.05) is 0 Å². The van der Waals surface area contributed by atoms with Crippen LogP contribution in [0.25, 0.3) is 0 Å². The monoisotopic (exact) mass is 175 g/mol. The summed E-state index contributed by atoms with van der Waals surface area (Å²) in [5.74, 6) is 0. The minimum absolute atomic E-state index is 0.130. The summed E-state index contributed by atoms with van der Waals surface area (Å²) in [5, 5.41) is 17.6. The molecule has 1 rings (SSSR count). The standard InChI is InChI=1S/C8H17NO3/c10-4-1-2-9-3-5-12-7-8(9)6-11/h8,10-11H,1-7H2. The summed E-state index contributed by atoms with van der Waals surface area (Å²) in [5.41, 5.74) is 0. The maximum Gasteiger partial charge on any atom is 0.0644 e. The van der Waals surface area contributed by atoms with Crippen molar-refractivity contribution < 1.29 is 14.9 Å². The van der Waals surface area contributed by atoms with Gasteiger partial charge in [-0.1, -0.05) is 0 Å². The second kappa shape index (κ2) is 5.48. The van der Waals surface area contributed by atoms with Crippen LogP contribution in [-0.4, -0.2) is 60.7 Å². The van der Waals surface area contributed by atoms with Gasteiger partial charge in [0.05, 0.1) is 25.9 Å². The first kappa shape index (κ1) is 9.92. The third kappa shape index (κ3) is 2.71. The molecule has 0 radical (unpaired) electrons. The normalized spacial score (nSPS) is 26.0.